The quantitative estimate of drug-likeness (QED) is 0.418. The molecule has 1 amide bonds. The Bertz CT molecular complexity index is 1170. The van der Waals surface area contributed by atoms with Gasteiger partial charge in [0.2, 0.25) is 5.91 Å². The number of aliphatic hydroxyl groups is 1. The number of carbonyl (C=O) groups excluding carboxylic acids is 2. The van der Waals surface area contributed by atoms with E-state index in [9.17, 15) is 14.7 Å². The van der Waals surface area contributed by atoms with Gasteiger partial charge in [-0.1, -0.05) is 17.7 Å². The molecule has 0 radical (unpaired) electrons. The average Bonchev–Trinajstić information content (AvgIpc) is 3.22. The molecule has 1 aromatic carbocycles. The summed E-state index contributed by atoms with van der Waals surface area (Å²) in [4.78, 5) is 37.4. The van der Waals surface area contributed by atoms with E-state index in [1.807, 2.05) is 29.2 Å². The zero-order valence-corrected chi connectivity index (χ0v) is 18.7. The van der Waals surface area contributed by atoms with E-state index >= 15 is 0 Å². The van der Waals surface area contributed by atoms with Crippen molar-refractivity contribution in [2.24, 2.45) is 0 Å². The van der Waals surface area contributed by atoms with Gasteiger partial charge in [0.15, 0.2) is 0 Å². The molecule has 1 aliphatic heterocycles. The third-order valence-electron chi connectivity index (χ3n) is 5.56. The fourth-order valence-corrected chi connectivity index (χ4v) is 4.91. The Balaban J connectivity index is 1.50. The highest BCUT2D eigenvalue weighted by Gasteiger charge is 2.37. The summed E-state index contributed by atoms with van der Waals surface area (Å²) in [5.41, 5.74) is 7.57. The fraction of sp³-hybridized carbons (Fsp3) is 0.273. The molecule has 10 heteroatoms. The van der Waals surface area contributed by atoms with Crippen molar-refractivity contribution in [2.75, 3.05) is 25.4 Å². The van der Waals surface area contributed by atoms with Gasteiger partial charge in [-0.3, -0.25) is 9.69 Å². The van der Waals surface area contributed by atoms with Crippen LogP contribution in [-0.4, -0.2) is 68.8 Å². The number of aromatic nitrogens is 2. The molecule has 3 N–H and O–H groups in total. The predicted octanol–water partition coefficient (Wildman–Crippen LogP) is 2.21. The molecule has 2 atom stereocenters. The Labute approximate surface area is 193 Å². The maximum Gasteiger partial charge on any atom is 0.247 e. The van der Waals surface area contributed by atoms with Crippen LogP contribution in [0.4, 0.5) is 5.82 Å². The third kappa shape index (κ3) is 4.66. The number of carbonyl (C=O) groups is 2. The maximum atomic E-state index is 12.8. The number of halogens is 1. The molecule has 1 aliphatic rings. The first-order valence-electron chi connectivity index (χ1n) is 10.0. The van der Waals surface area contributed by atoms with E-state index in [2.05, 4.69) is 9.97 Å². The molecule has 3 heterocycles. The Morgan fingerprint density at radius 2 is 2.12 bits per heavy atom. The lowest BCUT2D eigenvalue weighted by molar-refractivity contribution is -0.137. The van der Waals surface area contributed by atoms with Crippen molar-refractivity contribution in [1.82, 2.24) is 19.8 Å². The normalized spacial score (nSPS) is 19.6. The molecule has 0 aliphatic carbocycles. The lowest BCUT2D eigenvalue weighted by Crippen LogP contribution is -2.62. The van der Waals surface area contributed by atoms with Crippen molar-refractivity contribution >= 4 is 57.9 Å². The predicted molar refractivity (Wildman–Crippen MR) is 125 cm³/mol. The van der Waals surface area contributed by atoms with Crippen molar-refractivity contribution in [2.45, 2.75) is 18.6 Å². The van der Waals surface area contributed by atoms with E-state index in [0.29, 0.717) is 29.8 Å². The number of aliphatic hydroxyl groups excluding tert-OH is 1. The molecule has 2 aromatic heterocycles. The van der Waals surface area contributed by atoms with Gasteiger partial charge >= 0.3 is 0 Å². The van der Waals surface area contributed by atoms with Crippen molar-refractivity contribution in [3.63, 3.8) is 0 Å². The molecule has 3 aromatic rings. The maximum absolute atomic E-state index is 12.8. The van der Waals surface area contributed by atoms with Crippen molar-refractivity contribution in [3.05, 3.63) is 57.5 Å². The second kappa shape index (κ2) is 9.74. The van der Waals surface area contributed by atoms with E-state index < -0.39 is 12.1 Å². The van der Waals surface area contributed by atoms with Gasteiger partial charge in [0.1, 0.15) is 18.4 Å². The number of nitrogens with zero attached hydrogens (tertiary/aromatic N) is 4. The number of nitrogens with two attached hydrogens (primary N) is 1. The van der Waals surface area contributed by atoms with Gasteiger partial charge in [0.05, 0.1) is 28.5 Å². The summed E-state index contributed by atoms with van der Waals surface area (Å²) in [7, 11) is 0. The number of hydrogen-bond acceptors (Lipinski definition) is 8. The zero-order valence-electron chi connectivity index (χ0n) is 17.1. The molecule has 0 saturated carbocycles. The van der Waals surface area contributed by atoms with Crippen LogP contribution in [0.1, 0.15) is 10.4 Å². The van der Waals surface area contributed by atoms with Crippen LogP contribution in [0.3, 0.4) is 0 Å². The number of nitrogen functional groups attached to an aromatic ring is 1. The minimum absolute atomic E-state index is 0.252. The second-order valence-electron chi connectivity index (χ2n) is 7.46. The van der Waals surface area contributed by atoms with Crippen LogP contribution in [-0.2, 0) is 16.1 Å². The molecular weight excluding hydrogens is 450 g/mol. The molecule has 32 heavy (non-hydrogen) atoms. The van der Waals surface area contributed by atoms with Crippen LogP contribution in [0, 0.1) is 0 Å². The van der Waals surface area contributed by atoms with E-state index in [1.54, 1.807) is 17.0 Å². The first kappa shape index (κ1) is 22.3. The number of anilines is 1. The van der Waals surface area contributed by atoms with Crippen LogP contribution in [0.5, 0.6) is 0 Å². The number of amides is 1. The first-order chi connectivity index (χ1) is 15.5. The van der Waals surface area contributed by atoms with Gasteiger partial charge in [-0.25, -0.2) is 9.97 Å². The zero-order chi connectivity index (χ0) is 22.7. The van der Waals surface area contributed by atoms with Crippen molar-refractivity contribution in [1.29, 1.82) is 0 Å². The van der Waals surface area contributed by atoms with E-state index in [1.165, 1.54) is 23.7 Å². The van der Waals surface area contributed by atoms with E-state index in [-0.39, 0.29) is 12.5 Å². The molecule has 1 saturated heterocycles. The van der Waals surface area contributed by atoms with Crippen molar-refractivity contribution < 1.29 is 14.7 Å². The summed E-state index contributed by atoms with van der Waals surface area (Å²) in [6, 6.07) is 8.02. The number of thiophene rings is 1. The molecule has 0 bridgehead atoms. The molecule has 4 rings (SSSR count). The highest BCUT2D eigenvalue weighted by molar-refractivity contribution is 7.17. The summed E-state index contributed by atoms with van der Waals surface area (Å²) < 4.78 is 0.641. The van der Waals surface area contributed by atoms with Gasteiger partial charge in [0.25, 0.3) is 0 Å². The van der Waals surface area contributed by atoms with Crippen LogP contribution in [0.2, 0.25) is 4.34 Å². The second-order valence-corrected chi connectivity index (χ2v) is 9.21. The minimum Gasteiger partial charge on any atom is -0.394 e. The van der Waals surface area contributed by atoms with Crippen LogP contribution >= 0.6 is 22.9 Å². The summed E-state index contributed by atoms with van der Waals surface area (Å²) in [5, 5.41) is 10.8. The summed E-state index contributed by atoms with van der Waals surface area (Å²) >= 11 is 7.30. The molecule has 1 unspecified atom stereocenters. The van der Waals surface area contributed by atoms with Gasteiger partial charge in [-0.15, -0.1) is 11.3 Å². The lowest BCUT2D eigenvalue weighted by Gasteiger charge is -2.44. The highest BCUT2D eigenvalue weighted by Crippen LogP contribution is 2.24. The Morgan fingerprint density at radius 1 is 1.28 bits per heavy atom. The van der Waals surface area contributed by atoms with Crippen LogP contribution < -0.4 is 5.73 Å². The molecule has 166 valence electrons. The smallest absolute Gasteiger partial charge is 0.247 e. The number of fused-ring (bicyclic) bond motifs is 1. The Kier molecular flexibility index (Phi) is 6.80. The standard InChI is InChI=1S/C22H22ClN5O3S/c23-20-5-2-15(32-20)3-6-21(31)28-8-7-27(18(11-29)19(28)12-30)10-14-1-4-16-17(9-14)25-13-26-22(16)24/h1-6,9,11,13,18-19,30H,7-8,10,12H2,(H2,24,25,26)/t18?,19-/m1/s1. The highest BCUT2D eigenvalue weighted by atomic mass is 35.5. The summed E-state index contributed by atoms with van der Waals surface area (Å²) in [6.45, 7) is 1.05. The van der Waals surface area contributed by atoms with Gasteiger partial charge in [0, 0.05) is 36.0 Å². The monoisotopic (exact) mass is 471 g/mol. The van der Waals surface area contributed by atoms with Gasteiger partial charge < -0.3 is 20.5 Å². The minimum atomic E-state index is -0.635. The SMILES string of the molecule is Nc1ncnc2cc(CN3CCN(C(=O)C=Cc4ccc(Cl)s4)[C@H](CO)C3C=O)ccc12. The number of benzene rings is 1. The van der Waals surface area contributed by atoms with E-state index in [4.69, 9.17) is 17.3 Å². The van der Waals surface area contributed by atoms with Gasteiger partial charge in [-0.2, -0.15) is 0 Å². The molecule has 1 fully saturated rings. The first-order valence-corrected chi connectivity index (χ1v) is 11.2. The number of piperazine rings is 1. The molecular formula is C22H22ClN5O3S. The fourth-order valence-electron chi connectivity index (χ4n) is 3.94. The Hall–Kier alpha value is -2.85. The number of rotatable bonds is 6. The number of hydrogen-bond donors (Lipinski definition) is 2. The topological polar surface area (TPSA) is 113 Å². The van der Waals surface area contributed by atoms with E-state index in [0.717, 1.165) is 27.6 Å². The Morgan fingerprint density at radius 3 is 2.84 bits per heavy atom. The summed E-state index contributed by atoms with van der Waals surface area (Å²) in [6.07, 6.45) is 5.36. The third-order valence-corrected chi connectivity index (χ3v) is 6.75. The molecule has 0 spiro atoms. The number of aldehydes is 1. The van der Waals surface area contributed by atoms with Crippen LogP contribution in [0.25, 0.3) is 17.0 Å². The molecule has 8 nitrogen and oxygen atoms in total. The van der Waals surface area contributed by atoms with Gasteiger partial charge in [-0.05, 0) is 35.9 Å². The summed E-state index contributed by atoms with van der Waals surface area (Å²) in [5.74, 6) is 0.163. The van der Waals surface area contributed by atoms with Crippen LogP contribution in [0.15, 0.2) is 42.7 Å². The largest absolute Gasteiger partial charge is 0.394 e. The lowest BCUT2D eigenvalue weighted by atomic mass is 10.0. The average molecular weight is 472 g/mol. The van der Waals surface area contributed by atoms with Crippen molar-refractivity contribution in [3.8, 4) is 0 Å².